The van der Waals surface area contributed by atoms with Gasteiger partial charge in [0.15, 0.2) is 11.5 Å². The molecule has 9 nitrogen and oxygen atoms in total. The number of hydrogen-bond donors (Lipinski definition) is 0. The van der Waals surface area contributed by atoms with Crippen LogP contribution in [-0.4, -0.2) is 74.0 Å². The lowest BCUT2D eigenvalue weighted by Gasteiger charge is -2.22. The number of nitrogens with zero attached hydrogens (tertiary/aromatic N) is 2. The highest BCUT2D eigenvalue weighted by Crippen LogP contribution is 2.30. The van der Waals surface area contributed by atoms with E-state index in [0.717, 1.165) is 14.2 Å². The van der Waals surface area contributed by atoms with Crippen molar-refractivity contribution >= 4 is 20.0 Å². The maximum Gasteiger partial charge on any atom is 0.242 e. The van der Waals surface area contributed by atoms with Gasteiger partial charge in [-0.2, -0.15) is 8.61 Å². The molecule has 0 amide bonds. The topological polar surface area (TPSA) is 102 Å². The van der Waals surface area contributed by atoms with E-state index in [1.54, 1.807) is 12.1 Å². The summed E-state index contributed by atoms with van der Waals surface area (Å²) in [4.78, 5) is 0.147. The molecular weight excluding hydrogens is 456 g/mol. The number of sulfonamides is 2. The number of hydrogen-bond acceptors (Lipinski definition) is 7. The molecule has 0 unspecified atom stereocenters. The van der Waals surface area contributed by atoms with Gasteiger partial charge in [-0.15, -0.1) is 0 Å². The molecular formula is C21H30N2O7S2. The molecule has 0 spiro atoms. The van der Waals surface area contributed by atoms with Crippen LogP contribution in [0.5, 0.6) is 17.2 Å². The third kappa shape index (κ3) is 5.34. The highest BCUT2D eigenvalue weighted by atomic mass is 32.2. The third-order valence-electron chi connectivity index (χ3n) is 5.13. The second-order valence-electron chi connectivity index (χ2n) is 7.00. The normalized spacial score (nSPS) is 12.2. The smallest absolute Gasteiger partial charge is 0.242 e. The van der Waals surface area contributed by atoms with Gasteiger partial charge in [0.1, 0.15) is 5.75 Å². The largest absolute Gasteiger partial charge is 0.496 e. The second-order valence-corrected chi connectivity index (χ2v) is 11.1. The van der Waals surface area contributed by atoms with Crippen LogP contribution in [0.3, 0.4) is 0 Å². The molecule has 0 atom stereocenters. The summed E-state index contributed by atoms with van der Waals surface area (Å²) >= 11 is 0. The van der Waals surface area contributed by atoms with Crippen LogP contribution in [0.1, 0.15) is 12.5 Å². The fourth-order valence-corrected chi connectivity index (χ4v) is 5.44. The van der Waals surface area contributed by atoms with Crippen molar-refractivity contribution in [2.24, 2.45) is 0 Å². The first-order valence-corrected chi connectivity index (χ1v) is 12.7. The SMILES string of the molecule is CCc1cc(S(=O)(=O)N(C)CCN(C)S(=O)(=O)c2ccc(OC)c(OC)c2)ccc1OC. The lowest BCUT2D eigenvalue weighted by Crippen LogP contribution is -2.37. The molecule has 0 aliphatic rings. The Balaban J connectivity index is 2.18. The first-order valence-electron chi connectivity index (χ1n) is 9.84. The van der Waals surface area contributed by atoms with Gasteiger partial charge in [-0.05, 0) is 42.3 Å². The fraction of sp³-hybridized carbons (Fsp3) is 0.429. The van der Waals surface area contributed by atoms with Crippen LogP contribution in [-0.2, 0) is 26.5 Å². The summed E-state index contributed by atoms with van der Waals surface area (Å²) in [5.41, 5.74) is 0.773. The molecule has 0 fully saturated rings. The van der Waals surface area contributed by atoms with Crippen LogP contribution < -0.4 is 14.2 Å². The summed E-state index contributed by atoms with van der Waals surface area (Å²) in [5, 5.41) is 0. The molecule has 11 heteroatoms. The van der Waals surface area contributed by atoms with E-state index in [1.807, 2.05) is 6.92 Å². The van der Waals surface area contributed by atoms with E-state index in [9.17, 15) is 16.8 Å². The Bertz CT molecular complexity index is 1060. The maximum absolute atomic E-state index is 13.0. The van der Waals surface area contributed by atoms with Crippen LogP contribution >= 0.6 is 0 Å². The Morgan fingerprint density at radius 3 is 1.56 bits per heavy atom. The van der Waals surface area contributed by atoms with Crippen molar-refractivity contribution in [1.29, 1.82) is 0 Å². The molecule has 2 rings (SSSR count). The van der Waals surface area contributed by atoms with E-state index >= 15 is 0 Å². The minimum absolute atomic E-state index is 0.0194. The van der Waals surface area contributed by atoms with Crippen LogP contribution in [0.4, 0.5) is 0 Å². The van der Waals surface area contributed by atoms with E-state index in [-0.39, 0.29) is 28.6 Å². The molecule has 0 bridgehead atoms. The van der Waals surface area contributed by atoms with Crippen molar-refractivity contribution in [2.75, 3.05) is 48.5 Å². The number of benzene rings is 2. The zero-order valence-corrected chi connectivity index (χ0v) is 20.8. The van der Waals surface area contributed by atoms with Gasteiger partial charge in [0, 0.05) is 33.3 Å². The average Bonchev–Trinajstić information content (AvgIpc) is 2.80. The number of ether oxygens (including phenoxy) is 3. The van der Waals surface area contributed by atoms with Gasteiger partial charge >= 0.3 is 0 Å². The van der Waals surface area contributed by atoms with E-state index in [4.69, 9.17) is 14.2 Å². The van der Waals surface area contributed by atoms with Gasteiger partial charge in [-0.25, -0.2) is 16.8 Å². The van der Waals surface area contributed by atoms with Crippen LogP contribution in [0, 0.1) is 0 Å². The quantitative estimate of drug-likeness (QED) is 0.480. The Morgan fingerprint density at radius 1 is 0.688 bits per heavy atom. The minimum atomic E-state index is -3.86. The second kappa shape index (κ2) is 10.5. The zero-order valence-electron chi connectivity index (χ0n) is 19.2. The Labute approximate surface area is 190 Å². The van der Waals surface area contributed by atoms with Crippen molar-refractivity contribution in [3.63, 3.8) is 0 Å². The Kier molecular flexibility index (Phi) is 8.52. The molecule has 0 aromatic heterocycles. The first-order chi connectivity index (χ1) is 15.0. The van der Waals surface area contributed by atoms with Gasteiger partial charge in [-0.1, -0.05) is 6.92 Å². The molecule has 0 saturated heterocycles. The molecule has 0 N–H and O–H groups in total. The molecule has 32 heavy (non-hydrogen) atoms. The monoisotopic (exact) mass is 486 g/mol. The van der Waals surface area contributed by atoms with Crippen molar-refractivity contribution in [2.45, 2.75) is 23.1 Å². The number of likely N-dealkylation sites (N-methyl/N-ethyl adjacent to an activating group) is 2. The summed E-state index contributed by atoms with van der Waals surface area (Å²) in [7, 11) is -0.440. The minimum Gasteiger partial charge on any atom is -0.496 e. The Morgan fingerprint density at radius 2 is 1.12 bits per heavy atom. The first kappa shape index (κ1) is 25.9. The third-order valence-corrected chi connectivity index (χ3v) is 8.84. The van der Waals surface area contributed by atoms with Crippen molar-refractivity contribution in [3.8, 4) is 17.2 Å². The lowest BCUT2D eigenvalue weighted by molar-refractivity contribution is 0.353. The summed E-state index contributed by atoms with van der Waals surface area (Å²) in [6, 6.07) is 8.97. The van der Waals surface area contributed by atoms with Crippen LogP contribution in [0.15, 0.2) is 46.2 Å². The molecule has 0 aliphatic carbocycles. The number of methoxy groups -OCH3 is 3. The molecule has 2 aromatic carbocycles. The molecule has 0 radical (unpaired) electrons. The summed E-state index contributed by atoms with van der Waals surface area (Å²) in [6.07, 6.45) is 0.614. The predicted octanol–water partition coefficient (Wildman–Crippen LogP) is 2.22. The van der Waals surface area contributed by atoms with E-state index < -0.39 is 20.0 Å². The van der Waals surface area contributed by atoms with E-state index in [0.29, 0.717) is 17.9 Å². The van der Waals surface area contributed by atoms with Gasteiger partial charge in [-0.3, -0.25) is 0 Å². The average molecular weight is 487 g/mol. The van der Waals surface area contributed by atoms with Gasteiger partial charge < -0.3 is 14.2 Å². The molecule has 0 aliphatic heterocycles. The van der Waals surface area contributed by atoms with Gasteiger partial charge in [0.25, 0.3) is 0 Å². The Hall–Kier alpha value is -2.34. The molecule has 0 saturated carbocycles. The van der Waals surface area contributed by atoms with Gasteiger partial charge in [0.2, 0.25) is 20.0 Å². The summed E-state index contributed by atoms with van der Waals surface area (Å²) in [6.45, 7) is 1.84. The van der Waals surface area contributed by atoms with E-state index in [1.165, 1.54) is 59.7 Å². The summed E-state index contributed by atoms with van der Waals surface area (Å²) in [5.74, 6) is 1.31. The number of rotatable bonds is 11. The van der Waals surface area contributed by atoms with Crippen LogP contribution in [0.25, 0.3) is 0 Å². The molecule has 178 valence electrons. The van der Waals surface area contributed by atoms with Crippen LogP contribution in [0.2, 0.25) is 0 Å². The standard InChI is InChI=1S/C21H30N2O7S2/c1-7-16-14-17(8-10-19(16)28-4)31(24,25)22(2)12-13-23(3)32(26,27)18-9-11-20(29-5)21(15-18)30-6/h8-11,14-15H,7,12-13H2,1-6H3. The maximum atomic E-state index is 13.0. The lowest BCUT2D eigenvalue weighted by atomic mass is 10.1. The number of aryl methyl sites for hydroxylation is 1. The summed E-state index contributed by atoms with van der Waals surface area (Å²) < 4.78 is 69.6. The fourth-order valence-electron chi connectivity index (χ4n) is 3.05. The molecule has 0 heterocycles. The zero-order chi connectivity index (χ0) is 24.1. The predicted molar refractivity (Wildman–Crippen MR) is 122 cm³/mol. The van der Waals surface area contributed by atoms with Crippen molar-refractivity contribution < 1.29 is 31.0 Å². The highest BCUT2D eigenvalue weighted by Gasteiger charge is 2.26. The highest BCUT2D eigenvalue weighted by molar-refractivity contribution is 7.89. The van der Waals surface area contributed by atoms with Crippen molar-refractivity contribution in [1.82, 2.24) is 8.61 Å². The van der Waals surface area contributed by atoms with Crippen molar-refractivity contribution in [3.05, 3.63) is 42.0 Å². The van der Waals surface area contributed by atoms with E-state index in [2.05, 4.69) is 0 Å². The molecule has 2 aromatic rings. The van der Waals surface area contributed by atoms with Gasteiger partial charge in [0.05, 0.1) is 31.1 Å².